The second kappa shape index (κ2) is 6.23. The third-order valence-corrected chi connectivity index (χ3v) is 3.82. The van der Waals surface area contributed by atoms with E-state index in [0.717, 1.165) is 4.90 Å². The maximum atomic E-state index is 12.3. The summed E-state index contributed by atoms with van der Waals surface area (Å²) in [6.07, 6.45) is -0.892. The topological polar surface area (TPSA) is 132 Å². The van der Waals surface area contributed by atoms with Crippen molar-refractivity contribution in [3.8, 4) is 0 Å². The van der Waals surface area contributed by atoms with Gasteiger partial charge in [-0.1, -0.05) is 24.8 Å². The fourth-order valence-electron chi connectivity index (χ4n) is 2.68. The highest BCUT2D eigenvalue weighted by Crippen LogP contribution is 2.34. The van der Waals surface area contributed by atoms with Crippen LogP contribution in [0.25, 0.3) is 0 Å². The Morgan fingerprint density at radius 2 is 2.16 bits per heavy atom. The molecule has 130 valence electrons. The van der Waals surface area contributed by atoms with Crippen LogP contribution in [0.4, 0.5) is 0 Å². The van der Waals surface area contributed by atoms with E-state index in [4.69, 9.17) is 4.74 Å². The van der Waals surface area contributed by atoms with E-state index in [1.807, 2.05) is 6.07 Å². The number of benzene rings is 1. The minimum absolute atomic E-state index is 0.146. The first-order valence-electron chi connectivity index (χ1n) is 7.20. The monoisotopic (exact) mass is 347 g/mol. The first-order chi connectivity index (χ1) is 11.9. The fourth-order valence-corrected chi connectivity index (χ4v) is 2.68. The largest absolute Gasteiger partial charge is 0.479 e. The van der Waals surface area contributed by atoms with Gasteiger partial charge in [0, 0.05) is 5.56 Å². The number of likely N-dealkylation sites (tertiary alicyclic amines) is 1. The smallest absolute Gasteiger partial charge is 0.330 e. The minimum Gasteiger partial charge on any atom is -0.479 e. The van der Waals surface area contributed by atoms with Gasteiger partial charge in [-0.3, -0.25) is 9.69 Å². The van der Waals surface area contributed by atoms with Crippen LogP contribution in [0.1, 0.15) is 5.56 Å². The van der Waals surface area contributed by atoms with Gasteiger partial charge >= 0.3 is 5.97 Å². The number of carbonyl (C=O) groups is 2. The molecule has 1 aromatic carbocycles. The average molecular weight is 347 g/mol. The van der Waals surface area contributed by atoms with Crippen LogP contribution < -0.4 is 0 Å². The summed E-state index contributed by atoms with van der Waals surface area (Å²) in [7, 11) is 0. The third kappa shape index (κ3) is 2.89. The highest BCUT2D eigenvalue weighted by molar-refractivity contribution is 6.03. The molecule has 2 aliphatic rings. The number of hydrogen-bond acceptors (Lipinski definition) is 7. The van der Waals surface area contributed by atoms with Gasteiger partial charge in [-0.2, -0.15) is 0 Å². The standard InChI is InChI=1S/C15H13N3O7/c1-8(7-24-18(22)23)11(15(20)21)17-13(19)10-14(17)25-12(16-10)9-5-3-2-4-6-9/h2-6,10-11,14H,1,7H2,(H,20,21)/t10?,11-,14?/m1/s1. The van der Waals surface area contributed by atoms with Crippen LogP contribution in [0.5, 0.6) is 0 Å². The molecule has 0 radical (unpaired) electrons. The number of ether oxygens (including phenoxy) is 1. The summed E-state index contributed by atoms with van der Waals surface area (Å²) in [4.78, 5) is 43.3. The van der Waals surface area contributed by atoms with Crippen LogP contribution >= 0.6 is 0 Å². The second-order valence-corrected chi connectivity index (χ2v) is 5.40. The maximum Gasteiger partial charge on any atom is 0.330 e. The molecule has 10 nitrogen and oxygen atoms in total. The normalized spacial score (nSPS) is 22.2. The number of rotatable bonds is 7. The SMILES string of the molecule is C=C(CO[N+](=O)[O-])[C@H](C(=O)O)N1C(=O)C2N=C(c3ccccc3)OC21. The predicted octanol–water partition coefficient (Wildman–Crippen LogP) is 0.218. The molecule has 0 aromatic heterocycles. The number of β-lactam (4-membered cyclic amide) rings is 1. The molecule has 1 N–H and O–H groups in total. The Balaban J connectivity index is 1.76. The summed E-state index contributed by atoms with van der Waals surface area (Å²) >= 11 is 0. The first kappa shape index (κ1) is 16.4. The summed E-state index contributed by atoms with van der Waals surface area (Å²) in [6, 6.07) is 6.52. The maximum absolute atomic E-state index is 12.3. The van der Waals surface area contributed by atoms with Crippen molar-refractivity contribution in [2.45, 2.75) is 18.3 Å². The Morgan fingerprint density at radius 3 is 2.76 bits per heavy atom. The molecule has 0 bridgehead atoms. The lowest BCUT2D eigenvalue weighted by molar-refractivity contribution is -0.755. The molecule has 1 fully saturated rings. The fraction of sp³-hybridized carbons (Fsp3) is 0.267. The number of amides is 1. The zero-order valence-electron chi connectivity index (χ0n) is 12.8. The van der Waals surface area contributed by atoms with Gasteiger partial charge in [-0.15, -0.1) is 10.1 Å². The first-order valence-corrected chi connectivity index (χ1v) is 7.20. The Kier molecular flexibility index (Phi) is 4.09. The van der Waals surface area contributed by atoms with Crippen LogP contribution in [0.3, 0.4) is 0 Å². The molecule has 10 heteroatoms. The van der Waals surface area contributed by atoms with Crippen LogP contribution in [-0.4, -0.2) is 57.8 Å². The molecule has 2 unspecified atom stereocenters. The molecule has 0 aliphatic carbocycles. The molecular weight excluding hydrogens is 334 g/mol. The van der Waals surface area contributed by atoms with Crippen LogP contribution in [0.2, 0.25) is 0 Å². The van der Waals surface area contributed by atoms with E-state index < -0.39 is 41.9 Å². The van der Waals surface area contributed by atoms with Gasteiger partial charge in [0.2, 0.25) is 12.1 Å². The zero-order chi connectivity index (χ0) is 18.1. The molecule has 2 aliphatic heterocycles. The Hall–Kier alpha value is -3.43. The van der Waals surface area contributed by atoms with Gasteiger partial charge in [0.1, 0.15) is 6.61 Å². The minimum atomic E-state index is -1.50. The summed E-state index contributed by atoms with van der Waals surface area (Å²) in [5.74, 6) is -1.70. The molecule has 2 heterocycles. The number of carboxylic acid groups (broad SMARTS) is 1. The van der Waals surface area contributed by atoms with Crippen molar-refractivity contribution in [2.75, 3.05) is 6.61 Å². The van der Waals surface area contributed by atoms with E-state index in [-0.39, 0.29) is 11.5 Å². The number of aliphatic imine (C=N–C) groups is 1. The zero-order valence-corrected chi connectivity index (χ0v) is 12.8. The number of fused-ring (bicyclic) bond motifs is 1. The molecule has 1 amide bonds. The van der Waals surface area contributed by atoms with Gasteiger partial charge in [0.15, 0.2) is 12.1 Å². The third-order valence-electron chi connectivity index (χ3n) is 3.82. The summed E-state index contributed by atoms with van der Waals surface area (Å²) in [5.41, 5.74) is 0.514. The van der Waals surface area contributed by atoms with Gasteiger partial charge in [-0.05, 0) is 17.7 Å². The molecule has 1 saturated heterocycles. The van der Waals surface area contributed by atoms with Crippen molar-refractivity contribution < 1.29 is 29.4 Å². The van der Waals surface area contributed by atoms with Gasteiger partial charge in [0.25, 0.3) is 11.0 Å². The van der Waals surface area contributed by atoms with Crippen molar-refractivity contribution in [3.63, 3.8) is 0 Å². The predicted molar refractivity (Wildman–Crippen MR) is 82.0 cm³/mol. The Labute approximate surface area is 141 Å². The number of aliphatic carboxylic acids is 1. The molecule has 1 aromatic rings. The number of hydrogen-bond donors (Lipinski definition) is 1. The highest BCUT2D eigenvalue weighted by Gasteiger charge is 2.58. The molecule has 3 rings (SSSR count). The summed E-state index contributed by atoms with van der Waals surface area (Å²) in [6.45, 7) is 2.84. The van der Waals surface area contributed by atoms with Gasteiger partial charge in [0.05, 0.1) is 0 Å². The Bertz CT molecular complexity index is 777. The van der Waals surface area contributed by atoms with Crippen LogP contribution in [0, 0.1) is 10.1 Å². The lowest BCUT2D eigenvalue weighted by Crippen LogP contribution is -2.68. The highest BCUT2D eigenvalue weighted by atomic mass is 16.9. The van der Waals surface area contributed by atoms with E-state index in [0.29, 0.717) is 5.56 Å². The van der Waals surface area contributed by atoms with E-state index in [1.54, 1.807) is 24.3 Å². The van der Waals surface area contributed by atoms with Crippen molar-refractivity contribution in [1.82, 2.24) is 4.90 Å². The van der Waals surface area contributed by atoms with Gasteiger partial charge in [-0.25, -0.2) is 9.79 Å². The van der Waals surface area contributed by atoms with Crippen molar-refractivity contribution in [3.05, 3.63) is 58.2 Å². The van der Waals surface area contributed by atoms with Crippen molar-refractivity contribution >= 4 is 17.8 Å². The molecule has 0 saturated carbocycles. The quantitative estimate of drug-likeness (QED) is 0.323. The van der Waals surface area contributed by atoms with E-state index >= 15 is 0 Å². The van der Waals surface area contributed by atoms with E-state index in [9.17, 15) is 24.8 Å². The molecule has 25 heavy (non-hydrogen) atoms. The Morgan fingerprint density at radius 1 is 1.48 bits per heavy atom. The summed E-state index contributed by atoms with van der Waals surface area (Å²) < 4.78 is 5.61. The van der Waals surface area contributed by atoms with Crippen LogP contribution in [-0.2, 0) is 19.2 Å². The molecule has 0 spiro atoms. The van der Waals surface area contributed by atoms with Crippen LogP contribution in [0.15, 0.2) is 47.5 Å². The van der Waals surface area contributed by atoms with E-state index in [1.165, 1.54) is 0 Å². The number of carboxylic acids is 1. The second-order valence-electron chi connectivity index (χ2n) is 5.40. The van der Waals surface area contributed by atoms with Gasteiger partial charge < -0.3 is 14.7 Å². The number of carbonyl (C=O) groups excluding carboxylic acids is 1. The molecule has 3 atom stereocenters. The molecular formula is C15H13N3O7. The lowest BCUT2D eigenvalue weighted by atomic mass is 9.98. The van der Waals surface area contributed by atoms with E-state index in [2.05, 4.69) is 16.4 Å². The summed E-state index contributed by atoms with van der Waals surface area (Å²) in [5, 5.41) is 18.6. The lowest BCUT2D eigenvalue weighted by Gasteiger charge is -2.43. The van der Waals surface area contributed by atoms with Crippen molar-refractivity contribution in [2.24, 2.45) is 4.99 Å². The average Bonchev–Trinajstić information content (AvgIpc) is 2.98. The van der Waals surface area contributed by atoms with Crippen molar-refractivity contribution in [1.29, 1.82) is 0 Å². The number of nitrogens with zero attached hydrogens (tertiary/aromatic N) is 3.